The minimum absolute atomic E-state index is 0.0240. The Balaban J connectivity index is 0.000000463. The number of quaternary nitrogens is 4. The molecule has 15 rings (SSSR count). The number of hydrogen-bond donors (Lipinski definition) is 0. The lowest BCUT2D eigenvalue weighted by Gasteiger charge is -2.49. The lowest BCUT2D eigenvalue weighted by Crippen LogP contribution is -2.69. The fraction of sp³-hybridized carbons (Fsp3) is 0.697. The maximum absolute atomic E-state index is 15.5. The maximum Gasteiger partial charge on any atom is 0.326 e. The van der Waals surface area contributed by atoms with Crippen LogP contribution in [0.3, 0.4) is 0 Å². The summed E-state index contributed by atoms with van der Waals surface area (Å²) in [6.07, 6.45) is -4.42. The van der Waals surface area contributed by atoms with E-state index in [-0.39, 0.29) is 52.9 Å². The standard InChI is InChI=1S/C50H56Br4N16O12.4C4H12N/c1-47-49(3)67-23-59-37-35-55(39(59)71)21-57-36-38-61(41(57)73)25-69-45(77)65-19-29-30(34(82-16-12-54)8-7-33(29)81-15-11-53)20-66-46(78)70(50(69,4)48(65,66)2)26-62(38)42(74)58(36)22-56(35)40(72)60(37)24-68(49)44(76)64(47)18-28-27(17-63(47)43(67)75)31(79-13-9-51)5-6-32(28)80-14-10-52;4*1-5(2,3)4/h5-8,35-38H,9-26H2,1-4H3;4*1-4H3/q;4*+1. The van der Waals surface area contributed by atoms with Crippen LogP contribution in [0, 0.1) is 0 Å². The van der Waals surface area contributed by atoms with Gasteiger partial charge in [0.25, 0.3) is 0 Å². The molecular formula is C66H104Br4N20O12+4. The Hall–Kier alpha value is -6.44. The van der Waals surface area contributed by atoms with Gasteiger partial charge in [-0.1, -0.05) is 63.7 Å². The third-order valence-electron chi connectivity index (χ3n) is 20.0. The van der Waals surface area contributed by atoms with Gasteiger partial charge in [0.1, 0.15) is 63.0 Å². The number of carbonyl (C=O) groups excluding carboxylic acids is 8. The second kappa shape index (κ2) is 26.9. The highest BCUT2D eigenvalue weighted by Gasteiger charge is 2.80. The van der Waals surface area contributed by atoms with Crippen molar-refractivity contribution < 1.29 is 75.2 Å². The van der Waals surface area contributed by atoms with Gasteiger partial charge >= 0.3 is 48.2 Å². The molecule has 16 amide bonds. The average molecular weight is 1690 g/mol. The number of ether oxygens (including phenoxy) is 4. The lowest BCUT2D eigenvalue weighted by atomic mass is 9.95. The minimum atomic E-state index is -1.48. The quantitative estimate of drug-likeness (QED) is 0.186. The van der Waals surface area contributed by atoms with E-state index in [4.69, 9.17) is 18.9 Å². The van der Waals surface area contributed by atoms with Crippen LogP contribution < -0.4 is 18.9 Å². The molecule has 11 fully saturated rings. The molecule has 32 nitrogen and oxygen atoms in total. The number of fused-ring (bicyclic) bond motifs is 2. The first kappa shape index (κ1) is 76.7. The summed E-state index contributed by atoms with van der Waals surface area (Å²) < 4.78 is 28.9. The highest BCUT2D eigenvalue weighted by atomic mass is 79.9. The van der Waals surface area contributed by atoms with Crippen LogP contribution in [0.5, 0.6) is 23.0 Å². The molecule has 0 bridgehead atoms. The number of rotatable bonds is 12. The van der Waals surface area contributed by atoms with E-state index in [1.807, 2.05) is 13.8 Å². The molecule has 0 aliphatic carbocycles. The highest BCUT2D eigenvalue weighted by Crippen LogP contribution is 2.59. The first-order chi connectivity index (χ1) is 47.4. The number of halogens is 4. The number of carbonyl (C=O) groups is 8. The van der Waals surface area contributed by atoms with Crippen LogP contribution in [0.4, 0.5) is 38.4 Å². The third kappa shape index (κ3) is 12.5. The summed E-state index contributed by atoms with van der Waals surface area (Å²) in [6.45, 7) is 6.44. The minimum Gasteiger partial charge on any atom is -0.492 e. The SMILES string of the molecule is CC12N3Cc4c(OCCBr)ccc(OCCBr)c4CN1C(=O)N1CN4C(=O)N5CN6C(=O)N7CN8C(=O)N9Cc%10c(OCCBr)ccc(OCCBr)c%10CN%10C(=O)N(CN%11C(=O)N(CN%12C(=O)N(CN(C3=O)C12C)C4C%125)C6C%117)C8(C)C%109C.C[N+](C)(C)C.C[N+](C)(C)C.C[N+](C)(C)C.C[N+](C)(C)C. The molecule has 102 heavy (non-hydrogen) atoms. The van der Waals surface area contributed by atoms with Crippen LogP contribution in [0.2, 0.25) is 0 Å². The molecule has 0 unspecified atom stereocenters. The zero-order valence-electron chi connectivity index (χ0n) is 62.7. The van der Waals surface area contributed by atoms with Crippen molar-refractivity contribution in [2.24, 2.45) is 0 Å². The molecule has 0 N–H and O–H groups in total. The molecule has 0 radical (unpaired) electrons. The van der Waals surface area contributed by atoms with Gasteiger partial charge in [-0.15, -0.1) is 0 Å². The predicted octanol–water partition coefficient (Wildman–Crippen LogP) is 5.65. The van der Waals surface area contributed by atoms with Crippen molar-refractivity contribution in [1.29, 1.82) is 0 Å². The van der Waals surface area contributed by atoms with Crippen molar-refractivity contribution in [1.82, 2.24) is 78.4 Å². The molecular weight excluding hydrogens is 1580 g/mol. The van der Waals surface area contributed by atoms with Gasteiger partial charge in [0.05, 0.1) is 165 Å². The fourth-order valence-electron chi connectivity index (χ4n) is 15.8. The van der Waals surface area contributed by atoms with E-state index in [9.17, 15) is 0 Å². The van der Waals surface area contributed by atoms with Gasteiger partial charge in [-0.25, -0.2) is 38.4 Å². The van der Waals surface area contributed by atoms with Gasteiger partial charge in [-0.05, 0) is 52.0 Å². The number of nitrogens with zero attached hydrogens (tertiary/aromatic N) is 20. The monoisotopic (exact) mass is 1680 g/mol. The third-order valence-corrected chi connectivity index (χ3v) is 21.3. The molecule has 0 atom stereocenters. The molecule has 0 saturated carbocycles. The smallest absolute Gasteiger partial charge is 0.326 e. The Morgan fingerprint density at radius 3 is 0.618 bits per heavy atom. The summed E-state index contributed by atoms with van der Waals surface area (Å²) in [5, 5.41) is 2.18. The van der Waals surface area contributed by atoms with E-state index in [1.165, 1.54) is 58.8 Å². The highest BCUT2D eigenvalue weighted by molar-refractivity contribution is 9.09. The first-order valence-electron chi connectivity index (χ1n) is 34.2. The average Bonchev–Trinajstić information content (AvgIpc) is 1.49. The van der Waals surface area contributed by atoms with Crippen molar-refractivity contribution in [2.45, 2.75) is 101 Å². The zero-order chi connectivity index (χ0) is 75.2. The van der Waals surface area contributed by atoms with Gasteiger partial charge in [-0.2, -0.15) is 0 Å². The van der Waals surface area contributed by atoms with Gasteiger partial charge in [-0.3, -0.25) is 78.4 Å². The van der Waals surface area contributed by atoms with Crippen molar-refractivity contribution in [2.75, 3.05) is 201 Å². The van der Waals surface area contributed by atoms with E-state index in [2.05, 4.69) is 176 Å². The summed E-state index contributed by atoms with van der Waals surface area (Å²) in [7, 11) is 34.0. The van der Waals surface area contributed by atoms with Gasteiger partial charge in [0.15, 0.2) is 47.3 Å². The molecule has 11 saturated heterocycles. The molecule has 0 aromatic heterocycles. The normalized spacial score (nSPS) is 28.3. The van der Waals surface area contributed by atoms with Gasteiger partial charge in [0, 0.05) is 43.6 Å². The summed E-state index contributed by atoms with van der Waals surface area (Å²) in [4.78, 5) is 148. The Labute approximate surface area is 632 Å². The summed E-state index contributed by atoms with van der Waals surface area (Å²) in [5.74, 6) is 2.12. The number of hydrogen-bond acceptors (Lipinski definition) is 12. The summed E-state index contributed by atoms with van der Waals surface area (Å²) in [5.41, 5.74) is -3.02. The Morgan fingerprint density at radius 2 is 0.451 bits per heavy atom. The van der Waals surface area contributed by atoms with Crippen LogP contribution in [-0.2, 0) is 26.2 Å². The van der Waals surface area contributed by atoms with E-state index in [0.717, 1.165) is 17.9 Å². The van der Waals surface area contributed by atoms with Crippen LogP contribution >= 0.6 is 63.7 Å². The second-order valence-corrected chi connectivity index (χ2v) is 36.8. The maximum atomic E-state index is 15.5. The molecule has 13 heterocycles. The molecule has 0 spiro atoms. The van der Waals surface area contributed by atoms with Crippen LogP contribution in [0.25, 0.3) is 0 Å². The Morgan fingerprint density at radius 1 is 0.294 bits per heavy atom. The molecule has 564 valence electrons. The molecule has 36 heteroatoms. The van der Waals surface area contributed by atoms with E-state index in [1.54, 1.807) is 57.7 Å². The van der Waals surface area contributed by atoms with Crippen molar-refractivity contribution in [3.05, 3.63) is 46.5 Å². The van der Waals surface area contributed by atoms with Gasteiger partial charge < -0.3 is 36.9 Å². The number of benzene rings is 2. The van der Waals surface area contributed by atoms with Crippen molar-refractivity contribution >= 4 is 112 Å². The predicted molar refractivity (Wildman–Crippen MR) is 391 cm³/mol. The first-order valence-corrected chi connectivity index (χ1v) is 38.7. The summed E-state index contributed by atoms with van der Waals surface area (Å²) >= 11 is 13.8. The Kier molecular flexibility index (Phi) is 20.2. The second-order valence-electron chi connectivity index (χ2n) is 33.6. The lowest BCUT2D eigenvalue weighted by molar-refractivity contribution is -0.849. The largest absolute Gasteiger partial charge is 0.492 e. The molecule has 13 aliphatic heterocycles. The molecule has 13 aliphatic rings. The van der Waals surface area contributed by atoms with Crippen LogP contribution in [0.15, 0.2) is 24.3 Å². The number of alkyl halides is 4. The topological polar surface area (TPSA) is 225 Å². The molecule has 2 aromatic rings. The van der Waals surface area contributed by atoms with E-state index in [0.29, 0.717) is 93.0 Å². The molecule has 2 aromatic carbocycles. The summed E-state index contributed by atoms with van der Waals surface area (Å²) in [6, 6.07) is 3.02. The number of urea groups is 8. The van der Waals surface area contributed by atoms with Gasteiger partial charge in [0.2, 0.25) is 0 Å². The van der Waals surface area contributed by atoms with E-state index >= 15 is 38.4 Å². The van der Waals surface area contributed by atoms with Crippen LogP contribution in [-0.4, -0.2) is 392 Å². The van der Waals surface area contributed by atoms with E-state index < -0.39 is 109 Å². The van der Waals surface area contributed by atoms with Crippen LogP contribution in [0.1, 0.15) is 49.9 Å². The van der Waals surface area contributed by atoms with Crippen molar-refractivity contribution in [3.63, 3.8) is 0 Å². The Bertz CT molecular complexity index is 3230. The number of amides is 16. The fourth-order valence-corrected chi connectivity index (χ4v) is 16.4. The zero-order valence-corrected chi connectivity index (χ0v) is 69.0. The van der Waals surface area contributed by atoms with Crippen molar-refractivity contribution in [3.8, 4) is 23.0 Å².